The van der Waals surface area contributed by atoms with Crippen LogP contribution in [-0.2, 0) is 11.2 Å². The monoisotopic (exact) mass is 420 g/mol. The van der Waals surface area contributed by atoms with Gasteiger partial charge in [-0.1, -0.05) is 35.0 Å². The number of halogens is 1. The number of rotatable bonds is 7. The third kappa shape index (κ3) is 5.77. The van der Waals surface area contributed by atoms with Gasteiger partial charge in [0, 0.05) is 4.47 Å². The minimum Gasteiger partial charge on any atom is -0.497 e. The van der Waals surface area contributed by atoms with E-state index in [-0.39, 0.29) is 12.3 Å². The SMILES string of the molecule is CCCOc1ccc(Br)cc1C(=O)NNC(=O)Cc1ccc(OC)cc1. The number of hydrogen-bond acceptors (Lipinski definition) is 4. The Balaban J connectivity index is 1.94. The maximum Gasteiger partial charge on any atom is 0.273 e. The number of hydrazine groups is 1. The van der Waals surface area contributed by atoms with Crippen LogP contribution in [0.4, 0.5) is 0 Å². The summed E-state index contributed by atoms with van der Waals surface area (Å²) in [6.45, 7) is 2.49. The third-order valence-electron chi connectivity index (χ3n) is 3.49. The standard InChI is InChI=1S/C19H21BrN2O4/c1-3-10-26-17-9-6-14(20)12-16(17)19(24)22-21-18(23)11-13-4-7-15(25-2)8-5-13/h4-9,12H,3,10-11H2,1-2H3,(H,21,23)(H,22,24). The lowest BCUT2D eigenvalue weighted by Crippen LogP contribution is -2.42. The van der Waals surface area contributed by atoms with Crippen LogP contribution in [0.2, 0.25) is 0 Å². The van der Waals surface area contributed by atoms with Gasteiger partial charge in [-0.05, 0) is 42.3 Å². The molecule has 0 fully saturated rings. The van der Waals surface area contributed by atoms with Gasteiger partial charge in [0.05, 0.1) is 25.7 Å². The molecule has 0 aromatic heterocycles. The first-order valence-corrected chi connectivity index (χ1v) is 8.97. The van der Waals surface area contributed by atoms with Crippen LogP contribution in [0.5, 0.6) is 11.5 Å². The van der Waals surface area contributed by atoms with Crippen LogP contribution in [0.25, 0.3) is 0 Å². The molecule has 0 aliphatic carbocycles. The zero-order valence-electron chi connectivity index (χ0n) is 14.7. The number of nitrogens with one attached hydrogen (secondary N) is 2. The molecule has 0 atom stereocenters. The van der Waals surface area contributed by atoms with Crippen LogP contribution in [-0.4, -0.2) is 25.5 Å². The van der Waals surface area contributed by atoms with E-state index in [1.165, 1.54) is 0 Å². The first kappa shape index (κ1) is 19.8. The van der Waals surface area contributed by atoms with E-state index < -0.39 is 5.91 Å². The first-order chi connectivity index (χ1) is 12.5. The Kier molecular flexibility index (Phi) is 7.47. The van der Waals surface area contributed by atoms with Crippen molar-refractivity contribution in [2.45, 2.75) is 19.8 Å². The molecule has 2 N–H and O–H groups in total. The number of carbonyl (C=O) groups is 2. The van der Waals surface area contributed by atoms with Crippen molar-refractivity contribution in [1.29, 1.82) is 0 Å². The van der Waals surface area contributed by atoms with Crippen molar-refractivity contribution < 1.29 is 19.1 Å². The smallest absolute Gasteiger partial charge is 0.273 e. The Morgan fingerprint density at radius 3 is 2.46 bits per heavy atom. The minimum atomic E-state index is -0.444. The van der Waals surface area contributed by atoms with E-state index in [0.717, 1.165) is 22.2 Å². The van der Waals surface area contributed by atoms with Crippen LogP contribution < -0.4 is 20.3 Å². The van der Waals surface area contributed by atoms with Gasteiger partial charge in [0.2, 0.25) is 5.91 Å². The topological polar surface area (TPSA) is 76.7 Å². The lowest BCUT2D eigenvalue weighted by atomic mass is 10.1. The summed E-state index contributed by atoms with van der Waals surface area (Å²) in [5, 5.41) is 0. The molecular weight excluding hydrogens is 400 g/mol. The van der Waals surface area contributed by atoms with Gasteiger partial charge >= 0.3 is 0 Å². The molecule has 0 unspecified atom stereocenters. The molecule has 6 nitrogen and oxygen atoms in total. The van der Waals surface area contributed by atoms with E-state index in [0.29, 0.717) is 17.9 Å². The fourth-order valence-electron chi connectivity index (χ4n) is 2.18. The Hall–Kier alpha value is -2.54. The summed E-state index contributed by atoms with van der Waals surface area (Å²) in [5.41, 5.74) is 6.00. The lowest BCUT2D eigenvalue weighted by Gasteiger charge is -2.12. The van der Waals surface area contributed by atoms with Crippen molar-refractivity contribution in [3.63, 3.8) is 0 Å². The van der Waals surface area contributed by atoms with Crippen LogP contribution in [0.1, 0.15) is 29.3 Å². The van der Waals surface area contributed by atoms with Crippen LogP contribution >= 0.6 is 15.9 Å². The Morgan fingerprint density at radius 2 is 1.81 bits per heavy atom. The summed E-state index contributed by atoms with van der Waals surface area (Å²) >= 11 is 3.34. The zero-order chi connectivity index (χ0) is 18.9. The normalized spacial score (nSPS) is 10.1. The van der Waals surface area contributed by atoms with E-state index in [1.54, 1.807) is 49.6 Å². The second kappa shape index (κ2) is 9.82. The molecule has 2 rings (SSSR count). The van der Waals surface area contributed by atoms with Crippen molar-refractivity contribution in [2.24, 2.45) is 0 Å². The highest BCUT2D eigenvalue weighted by atomic mass is 79.9. The second-order valence-corrected chi connectivity index (χ2v) is 6.43. The number of amides is 2. The van der Waals surface area contributed by atoms with E-state index in [2.05, 4.69) is 26.8 Å². The zero-order valence-corrected chi connectivity index (χ0v) is 16.3. The van der Waals surface area contributed by atoms with Crippen molar-refractivity contribution in [2.75, 3.05) is 13.7 Å². The predicted molar refractivity (Wildman–Crippen MR) is 102 cm³/mol. The van der Waals surface area contributed by atoms with Crippen molar-refractivity contribution in [3.05, 3.63) is 58.1 Å². The first-order valence-electron chi connectivity index (χ1n) is 8.18. The molecule has 26 heavy (non-hydrogen) atoms. The van der Waals surface area contributed by atoms with Gasteiger partial charge in [-0.25, -0.2) is 0 Å². The van der Waals surface area contributed by atoms with E-state index in [1.807, 2.05) is 6.92 Å². The van der Waals surface area contributed by atoms with Gasteiger partial charge in [0.15, 0.2) is 0 Å². The maximum atomic E-state index is 12.4. The van der Waals surface area contributed by atoms with E-state index in [4.69, 9.17) is 9.47 Å². The summed E-state index contributed by atoms with van der Waals surface area (Å²) < 4.78 is 11.4. The molecule has 0 spiro atoms. The molecule has 0 aliphatic rings. The highest BCUT2D eigenvalue weighted by Crippen LogP contribution is 2.23. The van der Waals surface area contributed by atoms with Gasteiger partial charge in [-0.15, -0.1) is 0 Å². The molecule has 0 bridgehead atoms. The van der Waals surface area contributed by atoms with Gasteiger partial charge < -0.3 is 9.47 Å². The molecule has 2 amide bonds. The largest absolute Gasteiger partial charge is 0.497 e. The highest BCUT2D eigenvalue weighted by molar-refractivity contribution is 9.10. The van der Waals surface area contributed by atoms with E-state index in [9.17, 15) is 9.59 Å². The number of benzene rings is 2. The minimum absolute atomic E-state index is 0.141. The average molecular weight is 421 g/mol. The lowest BCUT2D eigenvalue weighted by molar-refractivity contribution is -0.121. The van der Waals surface area contributed by atoms with Crippen LogP contribution in [0.15, 0.2) is 46.9 Å². The van der Waals surface area contributed by atoms with E-state index >= 15 is 0 Å². The van der Waals surface area contributed by atoms with Gasteiger partial charge in [0.1, 0.15) is 11.5 Å². The highest BCUT2D eigenvalue weighted by Gasteiger charge is 2.14. The van der Waals surface area contributed by atoms with Crippen molar-refractivity contribution >= 4 is 27.7 Å². The van der Waals surface area contributed by atoms with Crippen LogP contribution in [0, 0.1) is 0 Å². The van der Waals surface area contributed by atoms with Crippen molar-refractivity contribution in [3.8, 4) is 11.5 Å². The maximum absolute atomic E-state index is 12.4. The van der Waals surface area contributed by atoms with Gasteiger partial charge in [-0.3, -0.25) is 20.4 Å². The Morgan fingerprint density at radius 1 is 1.08 bits per heavy atom. The van der Waals surface area contributed by atoms with Crippen molar-refractivity contribution in [1.82, 2.24) is 10.9 Å². The summed E-state index contributed by atoms with van der Waals surface area (Å²) in [5.74, 6) is 0.420. The summed E-state index contributed by atoms with van der Waals surface area (Å²) in [4.78, 5) is 24.4. The molecule has 2 aromatic carbocycles. The number of hydrogen-bond donors (Lipinski definition) is 2. The Labute approximate surface area is 161 Å². The fraction of sp³-hybridized carbons (Fsp3) is 0.263. The number of methoxy groups -OCH3 is 1. The third-order valence-corrected chi connectivity index (χ3v) is 3.98. The molecule has 2 aromatic rings. The fourth-order valence-corrected chi connectivity index (χ4v) is 2.55. The predicted octanol–water partition coefficient (Wildman–Crippen LogP) is 3.25. The Bertz CT molecular complexity index is 763. The number of ether oxygens (including phenoxy) is 2. The number of carbonyl (C=O) groups excluding carboxylic acids is 2. The summed E-state index contributed by atoms with van der Waals surface area (Å²) in [6.07, 6.45) is 0.970. The second-order valence-electron chi connectivity index (χ2n) is 5.52. The summed E-state index contributed by atoms with van der Waals surface area (Å²) in [7, 11) is 1.58. The summed E-state index contributed by atoms with van der Waals surface area (Å²) in [6, 6.07) is 12.3. The molecule has 138 valence electrons. The van der Waals surface area contributed by atoms with Crippen LogP contribution in [0.3, 0.4) is 0 Å². The average Bonchev–Trinajstić information content (AvgIpc) is 2.65. The molecule has 0 saturated carbocycles. The molecule has 0 radical (unpaired) electrons. The van der Waals surface area contributed by atoms with Gasteiger partial charge in [0.25, 0.3) is 5.91 Å². The molecule has 0 saturated heterocycles. The molecule has 0 aliphatic heterocycles. The molecular formula is C19H21BrN2O4. The molecule has 0 heterocycles. The quantitative estimate of drug-likeness (QED) is 0.673. The molecule has 7 heteroatoms. The van der Waals surface area contributed by atoms with Gasteiger partial charge in [-0.2, -0.15) is 0 Å².